The molecule has 1 aliphatic heterocycles. The third kappa shape index (κ3) is 4.68. The summed E-state index contributed by atoms with van der Waals surface area (Å²) < 4.78 is 0. The van der Waals surface area contributed by atoms with Crippen molar-refractivity contribution in [3.63, 3.8) is 0 Å². The van der Waals surface area contributed by atoms with Gasteiger partial charge in [0.2, 0.25) is 0 Å². The van der Waals surface area contributed by atoms with Crippen molar-refractivity contribution in [3.05, 3.63) is 10.6 Å². The Bertz CT molecular complexity index is 416. The van der Waals surface area contributed by atoms with Gasteiger partial charge in [0.25, 0.3) is 0 Å². The third-order valence-corrected chi connectivity index (χ3v) is 5.61. The molecule has 2 heterocycles. The molecule has 1 aliphatic rings. The van der Waals surface area contributed by atoms with Gasteiger partial charge >= 0.3 is 0 Å². The third-order valence-electron chi connectivity index (χ3n) is 4.45. The molecule has 2 rings (SSSR count). The molecule has 1 aromatic rings. The zero-order valence-corrected chi connectivity index (χ0v) is 14.8. The first-order valence-corrected chi connectivity index (χ1v) is 9.54. The van der Waals surface area contributed by atoms with Crippen LogP contribution in [0.25, 0.3) is 0 Å². The highest BCUT2D eigenvalue weighted by atomic mass is 32.1. The van der Waals surface area contributed by atoms with Gasteiger partial charge in [-0.2, -0.15) is 0 Å². The van der Waals surface area contributed by atoms with E-state index in [1.54, 1.807) is 0 Å². The molecule has 3 nitrogen and oxygen atoms in total. The molecule has 1 saturated heterocycles. The molecule has 0 aromatic carbocycles. The van der Waals surface area contributed by atoms with Gasteiger partial charge < -0.3 is 10.2 Å². The summed E-state index contributed by atoms with van der Waals surface area (Å²) in [5.41, 5.74) is 1.30. The quantitative estimate of drug-likeness (QED) is 0.817. The maximum Gasteiger partial charge on any atom is 0.185 e. The SMILES string of the molecule is CCCC1CCCN(c2nc(CC)c(CNCC)s2)CC1. The summed E-state index contributed by atoms with van der Waals surface area (Å²) in [6, 6.07) is 0. The van der Waals surface area contributed by atoms with E-state index in [2.05, 4.69) is 31.0 Å². The van der Waals surface area contributed by atoms with Crippen LogP contribution in [0.15, 0.2) is 0 Å². The molecule has 0 spiro atoms. The molecule has 1 unspecified atom stereocenters. The number of hydrogen-bond acceptors (Lipinski definition) is 4. The molecule has 0 aliphatic carbocycles. The van der Waals surface area contributed by atoms with E-state index in [1.807, 2.05) is 11.3 Å². The van der Waals surface area contributed by atoms with Crippen LogP contribution in [0.3, 0.4) is 0 Å². The highest BCUT2D eigenvalue weighted by molar-refractivity contribution is 7.15. The van der Waals surface area contributed by atoms with E-state index >= 15 is 0 Å². The van der Waals surface area contributed by atoms with E-state index in [9.17, 15) is 0 Å². The lowest BCUT2D eigenvalue weighted by atomic mass is 9.96. The van der Waals surface area contributed by atoms with Crippen LogP contribution in [-0.2, 0) is 13.0 Å². The Morgan fingerprint density at radius 2 is 2.10 bits per heavy atom. The number of thiazole rings is 1. The van der Waals surface area contributed by atoms with Crippen molar-refractivity contribution < 1.29 is 0 Å². The minimum absolute atomic E-state index is 0.937. The predicted octanol–water partition coefficient (Wildman–Crippen LogP) is 4.22. The largest absolute Gasteiger partial charge is 0.348 e. The molecule has 4 heteroatoms. The van der Waals surface area contributed by atoms with Crippen LogP contribution in [0.2, 0.25) is 0 Å². The van der Waals surface area contributed by atoms with E-state index in [-0.39, 0.29) is 0 Å². The first kappa shape index (κ1) is 16.8. The summed E-state index contributed by atoms with van der Waals surface area (Å²) in [6.45, 7) is 11.1. The van der Waals surface area contributed by atoms with E-state index in [0.717, 1.165) is 25.4 Å². The number of aryl methyl sites for hydroxylation is 1. The van der Waals surface area contributed by atoms with Gasteiger partial charge in [-0.25, -0.2) is 4.98 Å². The predicted molar refractivity (Wildman–Crippen MR) is 93.3 cm³/mol. The van der Waals surface area contributed by atoms with Gasteiger partial charge in [-0.3, -0.25) is 0 Å². The van der Waals surface area contributed by atoms with Crippen molar-refractivity contribution in [2.24, 2.45) is 5.92 Å². The average molecular weight is 310 g/mol. The number of aromatic nitrogens is 1. The summed E-state index contributed by atoms with van der Waals surface area (Å²) >= 11 is 1.91. The van der Waals surface area contributed by atoms with Crippen LogP contribution < -0.4 is 10.2 Å². The van der Waals surface area contributed by atoms with Crippen LogP contribution in [0.5, 0.6) is 0 Å². The fraction of sp³-hybridized carbons (Fsp3) is 0.824. The van der Waals surface area contributed by atoms with Crippen molar-refractivity contribution in [3.8, 4) is 0 Å². The molecule has 1 aromatic heterocycles. The first-order valence-electron chi connectivity index (χ1n) is 8.72. The lowest BCUT2D eigenvalue weighted by Crippen LogP contribution is -2.24. The molecule has 0 amide bonds. The van der Waals surface area contributed by atoms with Crippen LogP contribution in [-0.4, -0.2) is 24.6 Å². The Hall–Kier alpha value is -0.610. The molecule has 120 valence electrons. The van der Waals surface area contributed by atoms with Gasteiger partial charge in [-0.1, -0.05) is 33.6 Å². The lowest BCUT2D eigenvalue weighted by molar-refractivity contribution is 0.435. The molecule has 1 N–H and O–H groups in total. The van der Waals surface area contributed by atoms with E-state index in [4.69, 9.17) is 4.98 Å². The van der Waals surface area contributed by atoms with Gasteiger partial charge in [-0.15, -0.1) is 11.3 Å². The molecular weight excluding hydrogens is 278 g/mol. The van der Waals surface area contributed by atoms with E-state index in [1.165, 1.54) is 60.9 Å². The zero-order valence-electron chi connectivity index (χ0n) is 14.0. The van der Waals surface area contributed by atoms with Crippen LogP contribution >= 0.6 is 11.3 Å². The smallest absolute Gasteiger partial charge is 0.185 e. The second-order valence-electron chi connectivity index (χ2n) is 6.07. The summed E-state index contributed by atoms with van der Waals surface area (Å²) in [7, 11) is 0. The number of nitrogens with zero attached hydrogens (tertiary/aromatic N) is 2. The monoisotopic (exact) mass is 309 g/mol. The zero-order chi connectivity index (χ0) is 15.1. The molecule has 0 radical (unpaired) electrons. The van der Waals surface area contributed by atoms with Crippen molar-refractivity contribution in [1.29, 1.82) is 0 Å². The van der Waals surface area contributed by atoms with Gasteiger partial charge in [0, 0.05) is 24.5 Å². The topological polar surface area (TPSA) is 28.2 Å². The molecule has 1 fully saturated rings. The van der Waals surface area contributed by atoms with Gasteiger partial charge in [0.05, 0.1) is 5.69 Å². The van der Waals surface area contributed by atoms with E-state index < -0.39 is 0 Å². The summed E-state index contributed by atoms with van der Waals surface area (Å²) in [5.74, 6) is 0.937. The second-order valence-corrected chi connectivity index (χ2v) is 7.13. The van der Waals surface area contributed by atoms with Gasteiger partial charge in [0.1, 0.15) is 0 Å². The Balaban J connectivity index is 2.01. The molecule has 21 heavy (non-hydrogen) atoms. The maximum atomic E-state index is 4.92. The fourth-order valence-corrected chi connectivity index (χ4v) is 4.38. The molecular formula is C17H31N3S. The fourth-order valence-electron chi connectivity index (χ4n) is 3.21. The standard InChI is InChI=1S/C17H31N3S/c1-4-8-14-9-7-11-20(12-10-14)17-19-15(5-2)16(21-17)13-18-6-3/h14,18H,4-13H2,1-3H3. The number of anilines is 1. The minimum Gasteiger partial charge on any atom is -0.348 e. The first-order chi connectivity index (χ1) is 10.3. The van der Waals surface area contributed by atoms with Crippen LogP contribution in [0.4, 0.5) is 5.13 Å². The van der Waals surface area contributed by atoms with Gasteiger partial charge in [-0.05, 0) is 38.1 Å². The van der Waals surface area contributed by atoms with Crippen LogP contribution in [0, 0.1) is 5.92 Å². The number of nitrogens with one attached hydrogen (secondary N) is 1. The van der Waals surface area contributed by atoms with Crippen molar-refractivity contribution in [2.75, 3.05) is 24.5 Å². The Labute approximate surface area is 134 Å². The molecule has 0 bridgehead atoms. The highest BCUT2D eigenvalue weighted by Gasteiger charge is 2.20. The van der Waals surface area contributed by atoms with Crippen LogP contribution in [0.1, 0.15) is 63.4 Å². The normalized spacial score (nSPS) is 19.8. The minimum atomic E-state index is 0.937. The number of rotatable bonds is 7. The van der Waals surface area contributed by atoms with Crippen molar-refractivity contribution in [2.45, 2.75) is 65.8 Å². The Morgan fingerprint density at radius 3 is 2.81 bits per heavy atom. The summed E-state index contributed by atoms with van der Waals surface area (Å²) in [6.07, 6.45) is 7.85. The van der Waals surface area contributed by atoms with E-state index in [0.29, 0.717) is 0 Å². The Morgan fingerprint density at radius 1 is 1.24 bits per heavy atom. The number of hydrogen-bond donors (Lipinski definition) is 1. The lowest BCUT2D eigenvalue weighted by Gasteiger charge is -2.19. The van der Waals surface area contributed by atoms with Crippen molar-refractivity contribution in [1.82, 2.24) is 10.3 Å². The van der Waals surface area contributed by atoms with Gasteiger partial charge in [0.15, 0.2) is 5.13 Å². The maximum absolute atomic E-state index is 4.92. The summed E-state index contributed by atoms with van der Waals surface area (Å²) in [4.78, 5) is 8.89. The molecule has 1 atom stereocenters. The van der Waals surface area contributed by atoms with Crippen molar-refractivity contribution >= 4 is 16.5 Å². The Kier molecular flexibility index (Phi) is 6.97. The second kappa shape index (κ2) is 8.74. The highest BCUT2D eigenvalue weighted by Crippen LogP contribution is 2.30. The molecule has 0 saturated carbocycles. The average Bonchev–Trinajstić information content (AvgIpc) is 2.77. The summed E-state index contributed by atoms with van der Waals surface area (Å²) in [5, 5.41) is 4.70.